The van der Waals surface area contributed by atoms with Gasteiger partial charge in [-0.3, -0.25) is 0 Å². The normalized spacial score (nSPS) is 12.3. The first kappa shape index (κ1) is 12.3. The molecule has 1 N–H and O–H groups in total. The van der Waals surface area contributed by atoms with Crippen LogP contribution in [0.15, 0.2) is 43.0 Å². The van der Waals surface area contributed by atoms with Crippen molar-refractivity contribution in [1.82, 2.24) is 9.55 Å². The average molecular weight is 246 g/mol. The van der Waals surface area contributed by atoms with E-state index in [9.17, 15) is 4.79 Å². The minimum Gasteiger partial charge on any atom is -0.479 e. The summed E-state index contributed by atoms with van der Waals surface area (Å²) in [5.74, 6) is -0.954. The van der Waals surface area contributed by atoms with Gasteiger partial charge >= 0.3 is 5.97 Å². The zero-order chi connectivity index (χ0) is 13.0. The predicted molar refractivity (Wildman–Crippen MR) is 65.5 cm³/mol. The van der Waals surface area contributed by atoms with E-state index in [0.29, 0.717) is 0 Å². The lowest BCUT2D eigenvalue weighted by molar-refractivity contribution is -0.149. The van der Waals surface area contributed by atoms with E-state index < -0.39 is 12.1 Å². The molecule has 2 rings (SSSR count). The van der Waals surface area contributed by atoms with Crippen molar-refractivity contribution in [3.63, 3.8) is 0 Å². The molecule has 0 spiro atoms. The molecule has 94 valence electrons. The SMILES string of the molecule is CC(OCc1ccc(-n2ccnc2)cc1)C(=O)O. The summed E-state index contributed by atoms with van der Waals surface area (Å²) in [5, 5.41) is 8.69. The molecule has 5 nitrogen and oxygen atoms in total. The summed E-state index contributed by atoms with van der Waals surface area (Å²) in [7, 11) is 0. The molecule has 1 unspecified atom stereocenters. The first-order valence-electron chi connectivity index (χ1n) is 5.58. The zero-order valence-electron chi connectivity index (χ0n) is 9.98. The minimum atomic E-state index is -0.954. The third-order valence-corrected chi connectivity index (χ3v) is 2.59. The maximum Gasteiger partial charge on any atom is 0.332 e. The Morgan fingerprint density at radius 1 is 1.44 bits per heavy atom. The predicted octanol–water partition coefficient (Wildman–Crippen LogP) is 1.86. The highest BCUT2D eigenvalue weighted by atomic mass is 16.5. The Labute approximate surface area is 105 Å². The van der Waals surface area contributed by atoms with Crippen LogP contribution >= 0.6 is 0 Å². The van der Waals surface area contributed by atoms with Gasteiger partial charge in [0.2, 0.25) is 0 Å². The molecule has 1 aromatic heterocycles. The molecule has 5 heteroatoms. The van der Waals surface area contributed by atoms with Gasteiger partial charge in [0.25, 0.3) is 0 Å². The van der Waals surface area contributed by atoms with Gasteiger partial charge in [0.1, 0.15) is 0 Å². The van der Waals surface area contributed by atoms with Crippen LogP contribution in [0.25, 0.3) is 5.69 Å². The number of hydrogen-bond acceptors (Lipinski definition) is 3. The lowest BCUT2D eigenvalue weighted by Crippen LogP contribution is -2.19. The molecular weight excluding hydrogens is 232 g/mol. The maximum absolute atomic E-state index is 10.6. The van der Waals surface area contributed by atoms with Crippen molar-refractivity contribution in [3.05, 3.63) is 48.5 Å². The fraction of sp³-hybridized carbons (Fsp3) is 0.231. The standard InChI is InChI=1S/C13H14N2O3/c1-10(13(16)17)18-8-11-2-4-12(5-3-11)15-7-6-14-9-15/h2-7,9-10H,8H2,1H3,(H,16,17). The molecule has 1 aromatic carbocycles. The molecule has 0 saturated carbocycles. The number of rotatable bonds is 5. The van der Waals surface area contributed by atoms with Crippen molar-refractivity contribution < 1.29 is 14.6 Å². The van der Waals surface area contributed by atoms with Gasteiger partial charge in [-0.05, 0) is 24.6 Å². The number of carbonyl (C=O) groups is 1. The Hall–Kier alpha value is -2.14. The van der Waals surface area contributed by atoms with Gasteiger partial charge in [-0.15, -0.1) is 0 Å². The van der Waals surface area contributed by atoms with E-state index in [2.05, 4.69) is 4.98 Å². The van der Waals surface area contributed by atoms with Gasteiger partial charge in [0.05, 0.1) is 12.9 Å². The summed E-state index contributed by atoms with van der Waals surface area (Å²) in [4.78, 5) is 14.6. The summed E-state index contributed by atoms with van der Waals surface area (Å²) < 4.78 is 7.09. The monoisotopic (exact) mass is 246 g/mol. The van der Waals surface area contributed by atoms with Crippen LogP contribution in [0.2, 0.25) is 0 Å². The number of hydrogen-bond donors (Lipinski definition) is 1. The van der Waals surface area contributed by atoms with Crippen molar-refractivity contribution in [2.75, 3.05) is 0 Å². The van der Waals surface area contributed by atoms with Crippen LogP contribution in [0.1, 0.15) is 12.5 Å². The van der Waals surface area contributed by atoms with E-state index in [-0.39, 0.29) is 6.61 Å². The summed E-state index contributed by atoms with van der Waals surface area (Å²) >= 11 is 0. The van der Waals surface area contributed by atoms with Crippen LogP contribution in [-0.4, -0.2) is 26.7 Å². The van der Waals surface area contributed by atoms with Crippen LogP contribution in [0, 0.1) is 0 Å². The molecular formula is C13H14N2O3. The largest absolute Gasteiger partial charge is 0.479 e. The molecule has 0 fully saturated rings. The fourth-order valence-electron chi connectivity index (χ4n) is 1.47. The topological polar surface area (TPSA) is 64.4 Å². The van der Waals surface area contributed by atoms with Crippen molar-refractivity contribution in [2.24, 2.45) is 0 Å². The van der Waals surface area contributed by atoms with E-state index in [1.165, 1.54) is 6.92 Å². The first-order chi connectivity index (χ1) is 8.66. The molecule has 0 aliphatic carbocycles. The van der Waals surface area contributed by atoms with Gasteiger partial charge in [0.15, 0.2) is 6.10 Å². The number of carboxylic acid groups (broad SMARTS) is 1. The van der Waals surface area contributed by atoms with Crippen molar-refractivity contribution in [2.45, 2.75) is 19.6 Å². The van der Waals surface area contributed by atoms with Gasteiger partial charge in [-0.25, -0.2) is 9.78 Å². The van der Waals surface area contributed by atoms with Crippen LogP contribution in [-0.2, 0) is 16.1 Å². The number of aromatic nitrogens is 2. The number of benzene rings is 1. The highest BCUT2D eigenvalue weighted by Gasteiger charge is 2.10. The molecule has 18 heavy (non-hydrogen) atoms. The number of imidazole rings is 1. The van der Waals surface area contributed by atoms with Crippen LogP contribution < -0.4 is 0 Å². The Kier molecular flexibility index (Phi) is 3.74. The molecule has 2 aromatic rings. The highest BCUT2D eigenvalue weighted by Crippen LogP contribution is 2.10. The smallest absolute Gasteiger partial charge is 0.332 e. The molecule has 0 aliphatic rings. The summed E-state index contributed by atoms with van der Waals surface area (Å²) in [5.41, 5.74) is 1.94. The Morgan fingerprint density at radius 3 is 2.72 bits per heavy atom. The highest BCUT2D eigenvalue weighted by molar-refractivity contribution is 5.71. The van der Waals surface area contributed by atoms with Crippen LogP contribution in [0.4, 0.5) is 0 Å². The molecule has 0 bridgehead atoms. The second kappa shape index (κ2) is 5.46. The molecule has 0 radical (unpaired) electrons. The second-order valence-electron chi connectivity index (χ2n) is 3.93. The lowest BCUT2D eigenvalue weighted by Gasteiger charge is -2.09. The third-order valence-electron chi connectivity index (χ3n) is 2.59. The lowest BCUT2D eigenvalue weighted by atomic mass is 10.2. The molecule has 0 saturated heterocycles. The van der Waals surface area contributed by atoms with Gasteiger partial charge in [-0.1, -0.05) is 12.1 Å². The zero-order valence-corrected chi connectivity index (χ0v) is 9.98. The number of carboxylic acids is 1. The first-order valence-corrected chi connectivity index (χ1v) is 5.58. The van der Waals surface area contributed by atoms with E-state index in [0.717, 1.165) is 11.3 Å². The molecule has 0 aliphatic heterocycles. The van der Waals surface area contributed by atoms with Crippen LogP contribution in [0.5, 0.6) is 0 Å². The van der Waals surface area contributed by atoms with E-state index in [1.54, 1.807) is 12.5 Å². The summed E-state index contributed by atoms with van der Waals surface area (Å²) in [6, 6.07) is 7.69. The fourth-order valence-corrected chi connectivity index (χ4v) is 1.47. The summed E-state index contributed by atoms with van der Waals surface area (Å²) in [6.07, 6.45) is 4.50. The maximum atomic E-state index is 10.6. The minimum absolute atomic E-state index is 0.289. The Balaban J connectivity index is 1.98. The molecule has 0 amide bonds. The Bertz CT molecular complexity index is 506. The van der Waals surface area contributed by atoms with E-state index >= 15 is 0 Å². The second-order valence-corrected chi connectivity index (χ2v) is 3.93. The van der Waals surface area contributed by atoms with Crippen molar-refractivity contribution in [3.8, 4) is 5.69 Å². The van der Waals surface area contributed by atoms with Gasteiger partial charge < -0.3 is 14.4 Å². The average Bonchev–Trinajstić information content (AvgIpc) is 2.90. The molecule has 1 heterocycles. The third kappa shape index (κ3) is 2.95. The van der Waals surface area contributed by atoms with Gasteiger partial charge in [0, 0.05) is 18.1 Å². The molecule has 1 atom stereocenters. The summed E-state index contributed by atoms with van der Waals surface area (Å²) in [6.45, 7) is 1.81. The van der Waals surface area contributed by atoms with Crippen LogP contribution in [0.3, 0.4) is 0 Å². The number of aliphatic carboxylic acids is 1. The van der Waals surface area contributed by atoms with Gasteiger partial charge in [-0.2, -0.15) is 0 Å². The number of nitrogens with zero attached hydrogens (tertiary/aromatic N) is 2. The van der Waals surface area contributed by atoms with Crippen molar-refractivity contribution in [1.29, 1.82) is 0 Å². The Morgan fingerprint density at radius 2 is 2.17 bits per heavy atom. The van der Waals surface area contributed by atoms with Crippen molar-refractivity contribution >= 4 is 5.97 Å². The van der Waals surface area contributed by atoms with E-state index in [4.69, 9.17) is 9.84 Å². The van der Waals surface area contributed by atoms with E-state index in [1.807, 2.05) is 35.0 Å². The number of ether oxygens (including phenoxy) is 1. The quantitative estimate of drug-likeness (QED) is 0.874.